The van der Waals surface area contributed by atoms with E-state index < -0.39 is 0 Å². The molecule has 0 amide bonds. The van der Waals surface area contributed by atoms with E-state index in [-0.39, 0.29) is 5.43 Å². The molecule has 0 saturated heterocycles. The molecule has 14 heavy (non-hydrogen) atoms. The molecule has 2 nitrogen and oxygen atoms in total. The molecule has 2 rings (SSSR count). The van der Waals surface area contributed by atoms with Gasteiger partial charge in [0, 0.05) is 10.7 Å². The van der Waals surface area contributed by atoms with Crippen molar-refractivity contribution in [3.05, 3.63) is 42.2 Å². The lowest BCUT2D eigenvalue weighted by molar-refractivity contribution is 1.33. The lowest BCUT2D eigenvalue weighted by Crippen LogP contribution is -2.08. The number of aryl methyl sites for hydroxylation is 1. The van der Waals surface area contributed by atoms with Gasteiger partial charge in [0.1, 0.15) is 0 Å². The largest absolute Gasteiger partial charge is 0.359 e. The number of pyridine rings is 1. The topological polar surface area (TPSA) is 32.9 Å². The van der Waals surface area contributed by atoms with Crippen molar-refractivity contribution in [2.24, 2.45) is 0 Å². The predicted octanol–water partition coefficient (Wildman–Crippen LogP) is 3.20. The first kappa shape index (κ1) is 10.2. The van der Waals surface area contributed by atoms with Crippen molar-refractivity contribution in [2.75, 3.05) is 0 Å². The summed E-state index contributed by atoms with van der Waals surface area (Å²) in [6.45, 7) is 1.94. The minimum absolute atomic E-state index is 0.0955. The molecule has 0 saturated carbocycles. The van der Waals surface area contributed by atoms with Gasteiger partial charge in [0.25, 0.3) is 0 Å². The highest BCUT2D eigenvalue weighted by molar-refractivity contribution is 14.1. The fourth-order valence-corrected chi connectivity index (χ4v) is 2.31. The molecule has 0 fully saturated rings. The maximum Gasteiger partial charge on any atom is 0.202 e. The molecule has 0 bridgehead atoms. The van der Waals surface area contributed by atoms with Crippen LogP contribution in [-0.2, 0) is 0 Å². The molecular weight excluding hydrogens is 357 g/mol. The number of aromatic amines is 1. The number of nitrogens with one attached hydrogen (secondary N) is 1. The second kappa shape index (κ2) is 3.66. The molecule has 0 radical (unpaired) electrons. The van der Waals surface area contributed by atoms with Crippen molar-refractivity contribution < 1.29 is 0 Å². The molecule has 1 aromatic carbocycles. The Morgan fingerprint density at radius 1 is 1.43 bits per heavy atom. The number of fused-ring (bicyclic) bond motifs is 1. The Morgan fingerprint density at radius 2 is 2.14 bits per heavy atom. The Hall–Kier alpha value is -0.360. The molecule has 0 spiro atoms. The predicted molar refractivity (Wildman–Crippen MR) is 69.7 cm³/mol. The molecule has 0 aliphatic heterocycles. The maximum atomic E-state index is 11.9. The van der Waals surface area contributed by atoms with Crippen LogP contribution in [0.4, 0.5) is 0 Å². The summed E-state index contributed by atoms with van der Waals surface area (Å²) in [7, 11) is 0. The van der Waals surface area contributed by atoms with Crippen LogP contribution < -0.4 is 5.43 Å². The summed E-state index contributed by atoms with van der Waals surface area (Å²) in [6.07, 6.45) is 1.73. The highest BCUT2D eigenvalue weighted by Gasteiger charge is 2.07. The number of rotatable bonds is 0. The SMILES string of the molecule is Cc1ccc(Br)c2[nH]cc(I)c(=O)c12. The second-order valence-electron chi connectivity index (χ2n) is 3.08. The van der Waals surface area contributed by atoms with Crippen LogP contribution in [0.2, 0.25) is 0 Å². The molecule has 0 aliphatic rings. The van der Waals surface area contributed by atoms with E-state index in [2.05, 4.69) is 20.9 Å². The lowest BCUT2D eigenvalue weighted by atomic mass is 10.1. The Balaban J connectivity index is 3.09. The van der Waals surface area contributed by atoms with Crippen molar-refractivity contribution in [3.8, 4) is 0 Å². The van der Waals surface area contributed by atoms with Crippen LogP contribution in [0.15, 0.2) is 27.6 Å². The third-order valence-electron chi connectivity index (χ3n) is 2.15. The summed E-state index contributed by atoms with van der Waals surface area (Å²) >= 11 is 5.46. The fraction of sp³-hybridized carbons (Fsp3) is 0.100. The number of aromatic nitrogens is 1. The smallest absolute Gasteiger partial charge is 0.202 e. The van der Waals surface area contributed by atoms with E-state index in [0.29, 0.717) is 0 Å². The van der Waals surface area contributed by atoms with Gasteiger partial charge < -0.3 is 4.98 Å². The van der Waals surface area contributed by atoms with Crippen molar-refractivity contribution in [1.29, 1.82) is 0 Å². The highest BCUT2D eigenvalue weighted by Crippen LogP contribution is 2.22. The molecule has 0 aliphatic carbocycles. The van der Waals surface area contributed by atoms with Crippen LogP contribution >= 0.6 is 38.5 Å². The van der Waals surface area contributed by atoms with Crippen molar-refractivity contribution in [3.63, 3.8) is 0 Å². The average molecular weight is 364 g/mol. The zero-order valence-corrected chi connectivity index (χ0v) is 11.1. The van der Waals surface area contributed by atoms with Gasteiger partial charge in [-0.1, -0.05) is 6.07 Å². The lowest BCUT2D eigenvalue weighted by Gasteiger charge is -2.03. The quantitative estimate of drug-likeness (QED) is 0.716. The van der Waals surface area contributed by atoms with Crippen molar-refractivity contribution in [2.45, 2.75) is 6.92 Å². The zero-order chi connectivity index (χ0) is 10.3. The second-order valence-corrected chi connectivity index (χ2v) is 5.10. The third kappa shape index (κ3) is 1.50. The van der Waals surface area contributed by atoms with Crippen LogP contribution in [0, 0.1) is 10.5 Å². The Kier molecular flexibility index (Phi) is 2.66. The molecule has 1 N–H and O–H groups in total. The van der Waals surface area contributed by atoms with E-state index in [0.717, 1.165) is 24.5 Å². The summed E-state index contributed by atoms with van der Waals surface area (Å²) in [4.78, 5) is 15.0. The molecule has 4 heteroatoms. The van der Waals surface area contributed by atoms with Gasteiger partial charge in [0.2, 0.25) is 5.43 Å². The van der Waals surface area contributed by atoms with Crippen LogP contribution in [0.25, 0.3) is 10.9 Å². The van der Waals surface area contributed by atoms with E-state index in [4.69, 9.17) is 0 Å². The molecule has 0 atom stereocenters. The zero-order valence-electron chi connectivity index (χ0n) is 7.40. The Bertz CT molecular complexity index is 562. The average Bonchev–Trinajstić information content (AvgIpc) is 2.16. The molecule has 1 aromatic heterocycles. The summed E-state index contributed by atoms with van der Waals surface area (Å²) in [5.74, 6) is 0. The summed E-state index contributed by atoms with van der Waals surface area (Å²) in [5.41, 5.74) is 1.97. The number of H-pyrrole nitrogens is 1. The first-order chi connectivity index (χ1) is 6.61. The normalized spacial score (nSPS) is 10.8. The van der Waals surface area contributed by atoms with E-state index >= 15 is 0 Å². The van der Waals surface area contributed by atoms with Gasteiger partial charge in [-0.15, -0.1) is 0 Å². The minimum Gasteiger partial charge on any atom is -0.359 e. The standard InChI is InChI=1S/C10H7BrINO/c1-5-2-3-6(11)9-8(5)10(14)7(12)4-13-9/h2-4H,1H3,(H,13,14). The molecule has 2 aromatic rings. The number of hydrogen-bond donors (Lipinski definition) is 1. The first-order valence-electron chi connectivity index (χ1n) is 4.07. The van der Waals surface area contributed by atoms with Gasteiger partial charge in [-0.05, 0) is 57.1 Å². The van der Waals surface area contributed by atoms with Gasteiger partial charge in [0.15, 0.2) is 0 Å². The van der Waals surface area contributed by atoms with E-state index in [1.807, 2.05) is 41.6 Å². The van der Waals surface area contributed by atoms with Crippen LogP contribution in [-0.4, -0.2) is 4.98 Å². The monoisotopic (exact) mass is 363 g/mol. The molecule has 72 valence electrons. The number of hydrogen-bond acceptors (Lipinski definition) is 1. The van der Waals surface area contributed by atoms with E-state index in [9.17, 15) is 4.79 Å². The first-order valence-corrected chi connectivity index (χ1v) is 5.94. The van der Waals surface area contributed by atoms with Gasteiger partial charge in [-0.2, -0.15) is 0 Å². The number of benzene rings is 1. The van der Waals surface area contributed by atoms with Gasteiger partial charge in [-0.3, -0.25) is 4.79 Å². The van der Waals surface area contributed by atoms with Gasteiger partial charge in [-0.25, -0.2) is 0 Å². The van der Waals surface area contributed by atoms with Crippen molar-refractivity contribution >= 4 is 49.4 Å². The molecule has 0 unspecified atom stereocenters. The van der Waals surface area contributed by atoms with Crippen LogP contribution in [0.5, 0.6) is 0 Å². The van der Waals surface area contributed by atoms with Crippen LogP contribution in [0.1, 0.15) is 5.56 Å². The summed E-state index contributed by atoms with van der Waals surface area (Å²) in [6, 6.07) is 3.89. The highest BCUT2D eigenvalue weighted by atomic mass is 127. The number of halogens is 2. The van der Waals surface area contributed by atoms with E-state index in [1.54, 1.807) is 6.20 Å². The maximum absolute atomic E-state index is 11.9. The van der Waals surface area contributed by atoms with Crippen LogP contribution in [0.3, 0.4) is 0 Å². The minimum atomic E-state index is 0.0955. The summed E-state index contributed by atoms with van der Waals surface area (Å²) in [5, 5.41) is 0.770. The molecule has 1 heterocycles. The van der Waals surface area contributed by atoms with Gasteiger partial charge >= 0.3 is 0 Å². The van der Waals surface area contributed by atoms with Crippen molar-refractivity contribution in [1.82, 2.24) is 4.98 Å². The Labute approximate surface area is 103 Å². The third-order valence-corrected chi connectivity index (χ3v) is 3.61. The van der Waals surface area contributed by atoms with Gasteiger partial charge in [0.05, 0.1) is 14.5 Å². The molecular formula is C10H7BrINO. The summed E-state index contributed by atoms with van der Waals surface area (Å²) < 4.78 is 1.64. The van der Waals surface area contributed by atoms with E-state index in [1.165, 1.54) is 0 Å². The Morgan fingerprint density at radius 3 is 2.86 bits per heavy atom. The fourth-order valence-electron chi connectivity index (χ4n) is 1.44.